The second-order valence-corrected chi connectivity index (χ2v) is 2.76. The molecule has 0 aromatic carbocycles. The molecule has 2 aromatic heterocycles. The molecule has 6 nitrogen and oxygen atoms in total. The third-order valence-electron chi connectivity index (χ3n) is 1.31. The third kappa shape index (κ3) is 1.07. The van der Waals surface area contributed by atoms with E-state index < -0.39 is 0 Å². The van der Waals surface area contributed by atoms with Gasteiger partial charge >= 0.3 is 0 Å². The van der Waals surface area contributed by atoms with Crippen molar-refractivity contribution in [1.29, 1.82) is 0 Å². The van der Waals surface area contributed by atoms with E-state index in [1.165, 1.54) is 16.1 Å². The summed E-state index contributed by atoms with van der Waals surface area (Å²) in [6.45, 7) is 0. The van der Waals surface area contributed by atoms with E-state index in [0.717, 1.165) is 0 Å². The van der Waals surface area contributed by atoms with Crippen LogP contribution in [-0.4, -0.2) is 30.6 Å². The highest BCUT2D eigenvalue weighted by Gasteiger charge is 2.03. The third-order valence-corrected chi connectivity index (χ3v) is 1.80. The molecule has 0 bridgehead atoms. The van der Waals surface area contributed by atoms with Crippen LogP contribution >= 0.6 is 11.9 Å². The molecule has 0 atom stereocenters. The monoisotopic (exact) mass is 182 g/mol. The van der Waals surface area contributed by atoms with Crippen molar-refractivity contribution in [3.05, 3.63) is 6.20 Å². The van der Waals surface area contributed by atoms with Crippen LogP contribution in [0.4, 0.5) is 5.95 Å². The Kier molecular flexibility index (Phi) is 1.58. The van der Waals surface area contributed by atoms with Crippen molar-refractivity contribution in [1.82, 2.24) is 24.4 Å². The highest BCUT2D eigenvalue weighted by Crippen LogP contribution is 2.07. The lowest BCUT2D eigenvalue weighted by atomic mass is 10.6. The standard InChI is InChI=1S/C5H6N6S/c1-12-11-9-3-2-7-5(6)8-4(3)10-11/h2H,1H3,(H2,6,8,10). The second kappa shape index (κ2) is 2.59. The van der Waals surface area contributed by atoms with Gasteiger partial charge in [-0.15, -0.1) is 14.4 Å². The van der Waals surface area contributed by atoms with Gasteiger partial charge in [-0.3, -0.25) is 0 Å². The molecule has 0 fully saturated rings. The fourth-order valence-corrected chi connectivity index (χ4v) is 1.13. The fourth-order valence-electron chi connectivity index (χ4n) is 0.801. The summed E-state index contributed by atoms with van der Waals surface area (Å²) in [7, 11) is 0. The summed E-state index contributed by atoms with van der Waals surface area (Å²) in [5.41, 5.74) is 6.54. The lowest BCUT2D eigenvalue weighted by Gasteiger charge is -1.85. The zero-order valence-electron chi connectivity index (χ0n) is 6.30. The molecule has 0 unspecified atom stereocenters. The average molecular weight is 182 g/mol. The molecule has 2 heterocycles. The van der Waals surface area contributed by atoms with Gasteiger partial charge in [0.05, 0.1) is 6.20 Å². The van der Waals surface area contributed by atoms with Crippen LogP contribution in [0.25, 0.3) is 11.2 Å². The maximum absolute atomic E-state index is 5.37. The summed E-state index contributed by atoms with van der Waals surface area (Å²) in [4.78, 5) is 7.70. The molecule has 62 valence electrons. The Morgan fingerprint density at radius 2 is 2.33 bits per heavy atom. The molecule has 2 N–H and O–H groups in total. The van der Waals surface area contributed by atoms with Crippen LogP contribution in [0.2, 0.25) is 0 Å². The van der Waals surface area contributed by atoms with Crippen molar-refractivity contribution in [2.24, 2.45) is 0 Å². The average Bonchev–Trinajstić information content (AvgIpc) is 2.46. The Morgan fingerprint density at radius 3 is 3.08 bits per heavy atom. The molecule has 12 heavy (non-hydrogen) atoms. The number of hydrogen-bond acceptors (Lipinski definition) is 6. The maximum atomic E-state index is 5.37. The van der Waals surface area contributed by atoms with Gasteiger partial charge in [0.2, 0.25) is 11.6 Å². The normalized spacial score (nSPS) is 10.8. The molecule has 2 aromatic rings. The van der Waals surface area contributed by atoms with Gasteiger partial charge in [0, 0.05) is 6.26 Å². The van der Waals surface area contributed by atoms with Crippen molar-refractivity contribution in [3.8, 4) is 0 Å². The molecular formula is C5H6N6S. The van der Waals surface area contributed by atoms with Crippen molar-refractivity contribution >= 4 is 29.1 Å². The summed E-state index contributed by atoms with van der Waals surface area (Å²) in [5.74, 6) is 0.218. The van der Waals surface area contributed by atoms with Gasteiger partial charge in [-0.25, -0.2) is 4.98 Å². The van der Waals surface area contributed by atoms with Crippen LogP contribution < -0.4 is 5.73 Å². The molecule has 0 aliphatic heterocycles. The fraction of sp³-hybridized carbons (Fsp3) is 0.200. The Hall–Kier alpha value is -1.37. The molecule has 0 radical (unpaired) electrons. The zero-order chi connectivity index (χ0) is 8.55. The van der Waals surface area contributed by atoms with Gasteiger partial charge in [-0.1, -0.05) is 0 Å². The van der Waals surface area contributed by atoms with Gasteiger partial charge in [0.15, 0.2) is 5.52 Å². The minimum Gasteiger partial charge on any atom is -0.368 e. The van der Waals surface area contributed by atoms with Crippen LogP contribution in [0.3, 0.4) is 0 Å². The smallest absolute Gasteiger partial charge is 0.222 e. The minimum absolute atomic E-state index is 0.218. The number of nitrogen functional groups attached to an aromatic ring is 1. The van der Waals surface area contributed by atoms with Gasteiger partial charge in [-0.05, 0) is 11.9 Å². The first-order chi connectivity index (χ1) is 5.79. The maximum Gasteiger partial charge on any atom is 0.222 e. The number of hydrogen-bond donors (Lipinski definition) is 1. The summed E-state index contributed by atoms with van der Waals surface area (Å²) in [6, 6.07) is 0. The molecule has 7 heteroatoms. The van der Waals surface area contributed by atoms with E-state index in [0.29, 0.717) is 11.2 Å². The SMILES string of the molecule is CSn1nc2cnc(N)nc2n1. The highest BCUT2D eigenvalue weighted by molar-refractivity contribution is 7.96. The van der Waals surface area contributed by atoms with Crippen molar-refractivity contribution in [3.63, 3.8) is 0 Å². The predicted molar refractivity (Wildman–Crippen MR) is 46.4 cm³/mol. The number of aromatic nitrogens is 5. The molecule has 0 spiro atoms. The van der Waals surface area contributed by atoms with Crippen LogP contribution in [-0.2, 0) is 0 Å². The molecule has 0 aliphatic carbocycles. The first-order valence-electron chi connectivity index (χ1n) is 3.19. The first kappa shape index (κ1) is 7.29. The Balaban J connectivity index is 2.67. The lowest BCUT2D eigenvalue weighted by Crippen LogP contribution is -1.93. The van der Waals surface area contributed by atoms with E-state index in [1.54, 1.807) is 6.20 Å². The summed E-state index contributed by atoms with van der Waals surface area (Å²) in [5, 5.41) is 8.09. The van der Waals surface area contributed by atoms with E-state index >= 15 is 0 Å². The molecular weight excluding hydrogens is 176 g/mol. The van der Waals surface area contributed by atoms with Gasteiger partial charge in [0.1, 0.15) is 0 Å². The second-order valence-electron chi connectivity index (χ2n) is 2.07. The number of fused-ring (bicyclic) bond motifs is 1. The topological polar surface area (TPSA) is 82.5 Å². The van der Waals surface area contributed by atoms with Crippen LogP contribution in [0.5, 0.6) is 0 Å². The lowest BCUT2D eigenvalue weighted by molar-refractivity contribution is 0.880. The number of anilines is 1. The summed E-state index contributed by atoms with van der Waals surface area (Å²) in [6.07, 6.45) is 3.42. The molecule has 2 rings (SSSR count). The number of nitrogens with two attached hydrogens (primary N) is 1. The Bertz CT molecular complexity index is 409. The van der Waals surface area contributed by atoms with Gasteiger partial charge < -0.3 is 5.73 Å². The van der Waals surface area contributed by atoms with Gasteiger partial charge in [-0.2, -0.15) is 4.98 Å². The summed E-state index contributed by atoms with van der Waals surface area (Å²) < 4.78 is 1.47. The quantitative estimate of drug-likeness (QED) is 0.664. The zero-order valence-corrected chi connectivity index (χ0v) is 7.12. The Morgan fingerprint density at radius 1 is 1.50 bits per heavy atom. The molecule has 0 saturated heterocycles. The molecule has 0 aliphatic rings. The van der Waals surface area contributed by atoms with E-state index in [2.05, 4.69) is 20.2 Å². The largest absolute Gasteiger partial charge is 0.368 e. The molecule has 0 saturated carbocycles. The number of nitrogens with zero attached hydrogens (tertiary/aromatic N) is 5. The van der Waals surface area contributed by atoms with Crippen LogP contribution in [0.1, 0.15) is 0 Å². The predicted octanol–water partition coefficient (Wildman–Crippen LogP) is -0.0704. The van der Waals surface area contributed by atoms with Crippen LogP contribution in [0.15, 0.2) is 6.20 Å². The van der Waals surface area contributed by atoms with E-state index in [1.807, 2.05) is 6.26 Å². The highest BCUT2D eigenvalue weighted by atomic mass is 32.2. The minimum atomic E-state index is 0.218. The van der Waals surface area contributed by atoms with E-state index in [9.17, 15) is 0 Å². The van der Waals surface area contributed by atoms with E-state index in [4.69, 9.17) is 5.73 Å². The van der Waals surface area contributed by atoms with Crippen molar-refractivity contribution in [2.75, 3.05) is 12.0 Å². The molecule has 0 amide bonds. The van der Waals surface area contributed by atoms with Crippen LogP contribution in [0, 0.1) is 0 Å². The van der Waals surface area contributed by atoms with Crippen molar-refractivity contribution < 1.29 is 0 Å². The summed E-state index contributed by atoms with van der Waals surface area (Å²) >= 11 is 1.39. The number of rotatable bonds is 1. The van der Waals surface area contributed by atoms with E-state index in [-0.39, 0.29) is 5.95 Å². The Labute approximate surface area is 72.3 Å². The first-order valence-corrected chi connectivity index (χ1v) is 4.38. The van der Waals surface area contributed by atoms with Gasteiger partial charge in [0.25, 0.3) is 0 Å². The van der Waals surface area contributed by atoms with Crippen molar-refractivity contribution in [2.45, 2.75) is 0 Å².